The number of hydrogen-bond donors (Lipinski definition) is 1. The van der Waals surface area contributed by atoms with Crippen molar-refractivity contribution in [3.8, 4) is 0 Å². The van der Waals surface area contributed by atoms with Crippen LogP contribution in [0.25, 0.3) is 0 Å². The Morgan fingerprint density at radius 3 is 1.88 bits per heavy atom. The maximum Gasteiger partial charge on any atom is 0.262 e. The van der Waals surface area contributed by atoms with Crippen molar-refractivity contribution in [2.45, 2.75) is 32.9 Å². The van der Waals surface area contributed by atoms with Crippen LogP contribution in [-0.4, -0.2) is 59.6 Å². The molecule has 1 aromatic rings. The highest BCUT2D eigenvalue weighted by atomic mass is 16.2. The van der Waals surface area contributed by atoms with Crippen LogP contribution in [0.15, 0.2) is 24.3 Å². The molecule has 0 aliphatic carbocycles. The summed E-state index contributed by atoms with van der Waals surface area (Å²) in [6, 6.07) is 4.73. The van der Waals surface area contributed by atoms with E-state index in [9.17, 15) is 19.2 Å². The molecule has 0 unspecified atom stereocenters. The number of hydrogen-bond acceptors (Lipinski definition) is 4. The monoisotopic (exact) mass is 345 g/mol. The average molecular weight is 345 g/mol. The fourth-order valence-corrected chi connectivity index (χ4v) is 2.74. The number of imide groups is 1. The first-order valence-electron chi connectivity index (χ1n) is 8.15. The van der Waals surface area contributed by atoms with Crippen LogP contribution in [0.1, 0.15) is 41.5 Å². The number of nitrogens with zero attached hydrogens (tertiary/aromatic N) is 2. The predicted molar refractivity (Wildman–Crippen MR) is 91.9 cm³/mol. The van der Waals surface area contributed by atoms with Gasteiger partial charge in [-0.15, -0.1) is 0 Å². The molecule has 0 radical (unpaired) electrons. The number of benzene rings is 1. The highest BCUT2D eigenvalue weighted by molar-refractivity contribution is 6.22. The normalized spacial score (nSPS) is 15.8. The van der Waals surface area contributed by atoms with E-state index >= 15 is 0 Å². The third-order valence-corrected chi connectivity index (χ3v) is 4.26. The molecule has 7 nitrogen and oxygen atoms in total. The van der Waals surface area contributed by atoms with Crippen LogP contribution in [0.5, 0.6) is 0 Å². The van der Waals surface area contributed by atoms with Gasteiger partial charge < -0.3 is 10.2 Å². The minimum atomic E-state index is -1.01. The summed E-state index contributed by atoms with van der Waals surface area (Å²) >= 11 is 0. The molecule has 1 heterocycles. The Morgan fingerprint density at radius 1 is 1.00 bits per heavy atom. The molecule has 7 heteroatoms. The van der Waals surface area contributed by atoms with Crippen LogP contribution in [0.3, 0.4) is 0 Å². The molecule has 2 rings (SSSR count). The van der Waals surface area contributed by atoms with Gasteiger partial charge in [0.25, 0.3) is 11.8 Å². The molecule has 1 N–H and O–H groups in total. The van der Waals surface area contributed by atoms with Crippen molar-refractivity contribution in [1.82, 2.24) is 15.1 Å². The smallest absolute Gasteiger partial charge is 0.262 e. The van der Waals surface area contributed by atoms with Gasteiger partial charge in [0.05, 0.1) is 11.1 Å². The molecule has 1 aromatic carbocycles. The number of fused-ring (bicyclic) bond motifs is 1. The molecule has 1 aliphatic heterocycles. The molecule has 0 saturated carbocycles. The largest absolute Gasteiger partial charge is 0.347 e. The number of amides is 4. The molecule has 0 fully saturated rings. The fraction of sp³-hybridized carbons (Fsp3) is 0.444. The van der Waals surface area contributed by atoms with Gasteiger partial charge in [-0.25, -0.2) is 0 Å². The van der Waals surface area contributed by atoms with E-state index < -0.39 is 29.8 Å². The Balaban J connectivity index is 2.19. The third-order valence-electron chi connectivity index (χ3n) is 4.26. The molecule has 2 atom stereocenters. The van der Waals surface area contributed by atoms with Gasteiger partial charge in [-0.05, 0) is 25.0 Å². The molecule has 25 heavy (non-hydrogen) atoms. The summed E-state index contributed by atoms with van der Waals surface area (Å²) < 4.78 is 0. The lowest BCUT2D eigenvalue weighted by atomic mass is 10.0. The van der Waals surface area contributed by atoms with Crippen LogP contribution >= 0.6 is 0 Å². The van der Waals surface area contributed by atoms with Crippen LogP contribution in [0.2, 0.25) is 0 Å². The van der Waals surface area contributed by atoms with Gasteiger partial charge in [0.2, 0.25) is 11.8 Å². The zero-order valence-electron chi connectivity index (χ0n) is 15.1. The van der Waals surface area contributed by atoms with Crippen molar-refractivity contribution in [1.29, 1.82) is 0 Å². The van der Waals surface area contributed by atoms with E-state index in [4.69, 9.17) is 0 Å². The number of likely N-dealkylation sites (N-methyl/N-ethyl adjacent to an activating group) is 1. The van der Waals surface area contributed by atoms with E-state index in [2.05, 4.69) is 5.32 Å². The Hall–Kier alpha value is -2.70. The van der Waals surface area contributed by atoms with Crippen LogP contribution in [0.4, 0.5) is 0 Å². The van der Waals surface area contributed by atoms with Crippen molar-refractivity contribution in [2.75, 3.05) is 14.1 Å². The maximum absolute atomic E-state index is 12.6. The highest BCUT2D eigenvalue weighted by Crippen LogP contribution is 2.24. The molecule has 1 aliphatic rings. The number of carbonyl (C=O) groups excluding carboxylic acids is 4. The summed E-state index contributed by atoms with van der Waals surface area (Å²) in [7, 11) is 3.22. The Labute approximate surface area is 147 Å². The SMILES string of the molecule is CC(C)[C@H](NC(=O)[C@H](C)N1C(=O)c2ccccc2C1=O)C(=O)N(C)C. The van der Waals surface area contributed by atoms with Crippen molar-refractivity contribution < 1.29 is 19.2 Å². The van der Waals surface area contributed by atoms with Crippen molar-refractivity contribution in [3.63, 3.8) is 0 Å². The lowest BCUT2D eigenvalue weighted by Gasteiger charge is -2.28. The van der Waals surface area contributed by atoms with Gasteiger partial charge in [-0.1, -0.05) is 26.0 Å². The molecule has 0 aromatic heterocycles. The lowest BCUT2D eigenvalue weighted by molar-refractivity contribution is -0.136. The minimum Gasteiger partial charge on any atom is -0.347 e. The molecule has 4 amide bonds. The van der Waals surface area contributed by atoms with Crippen LogP contribution in [0, 0.1) is 5.92 Å². The van der Waals surface area contributed by atoms with Crippen molar-refractivity contribution >= 4 is 23.6 Å². The third kappa shape index (κ3) is 3.40. The standard InChI is InChI=1S/C18H23N3O4/c1-10(2)14(18(25)20(4)5)19-15(22)11(3)21-16(23)12-8-6-7-9-13(12)17(21)24/h6-11,14H,1-5H3,(H,19,22)/t11-,14-/m0/s1. The molecule has 0 bridgehead atoms. The van der Waals surface area contributed by atoms with Crippen molar-refractivity contribution in [3.05, 3.63) is 35.4 Å². The Kier molecular flexibility index (Phi) is 5.25. The fourth-order valence-electron chi connectivity index (χ4n) is 2.74. The van der Waals surface area contributed by atoms with Gasteiger partial charge in [-0.2, -0.15) is 0 Å². The van der Waals surface area contributed by atoms with Crippen LogP contribution < -0.4 is 5.32 Å². The average Bonchev–Trinajstić information content (AvgIpc) is 2.82. The molecular formula is C18H23N3O4. The van der Waals surface area contributed by atoms with E-state index in [1.807, 2.05) is 13.8 Å². The van der Waals surface area contributed by atoms with Gasteiger partial charge in [0.1, 0.15) is 12.1 Å². The summed E-state index contributed by atoms with van der Waals surface area (Å²) in [5, 5.41) is 2.67. The van der Waals surface area contributed by atoms with E-state index in [-0.39, 0.29) is 23.0 Å². The first-order chi connectivity index (χ1) is 11.7. The summed E-state index contributed by atoms with van der Waals surface area (Å²) in [5.74, 6) is -1.90. The summed E-state index contributed by atoms with van der Waals surface area (Å²) in [5.41, 5.74) is 0.578. The Bertz CT molecular complexity index is 692. The van der Waals surface area contributed by atoms with Gasteiger partial charge in [0, 0.05) is 14.1 Å². The van der Waals surface area contributed by atoms with Gasteiger partial charge in [0.15, 0.2) is 0 Å². The highest BCUT2D eigenvalue weighted by Gasteiger charge is 2.41. The van der Waals surface area contributed by atoms with Gasteiger partial charge >= 0.3 is 0 Å². The van der Waals surface area contributed by atoms with Crippen molar-refractivity contribution in [2.24, 2.45) is 5.92 Å². The minimum absolute atomic E-state index is 0.131. The predicted octanol–water partition coefficient (Wildman–Crippen LogP) is 0.900. The van der Waals surface area contributed by atoms with E-state index in [1.54, 1.807) is 38.4 Å². The summed E-state index contributed by atoms with van der Waals surface area (Å²) in [6.45, 7) is 5.12. The quantitative estimate of drug-likeness (QED) is 0.803. The first-order valence-corrected chi connectivity index (χ1v) is 8.15. The van der Waals surface area contributed by atoms with E-state index in [0.29, 0.717) is 0 Å². The maximum atomic E-state index is 12.6. The summed E-state index contributed by atoms with van der Waals surface area (Å²) in [6.07, 6.45) is 0. The number of rotatable bonds is 5. The second kappa shape index (κ2) is 7.04. The zero-order valence-corrected chi connectivity index (χ0v) is 15.1. The topological polar surface area (TPSA) is 86.8 Å². The second-order valence-corrected chi connectivity index (χ2v) is 6.66. The molecule has 0 spiro atoms. The lowest BCUT2D eigenvalue weighted by Crippen LogP contribution is -2.55. The number of carbonyl (C=O) groups is 4. The van der Waals surface area contributed by atoms with Gasteiger partial charge in [-0.3, -0.25) is 24.1 Å². The van der Waals surface area contributed by atoms with E-state index in [0.717, 1.165) is 4.90 Å². The molecule has 134 valence electrons. The van der Waals surface area contributed by atoms with Crippen LogP contribution in [-0.2, 0) is 9.59 Å². The second-order valence-electron chi connectivity index (χ2n) is 6.66. The molecular weight excluding hydrogens is 322 g/mol. The zero-order chi connectivity index (χ0) is 18.9. The molecule has 0 saturated heterocycles. The Morgan fingerprint density at radius 2 is 1.48 bits per heavy atom. The summed E-state index contributed by atoms with van der Waals surface area (Å²) in [4.78, 5) is 52.1. The number of nitrogens with one attached hydrogen (secondary N) is 1. The first kappa shape index (κ1) is 18.6. The van der Waals surface area contributed by atoms with E-state index in [1.165, 1.54) is 11.8 Å².